The fraction of sp³-hybridized carbons (Fsp3) is 1.00. The molecule has 1 heterocycles. The molecule has 1 aliphatic heterocycles. The van der Waals surface area contributed by atoms with Crippen molar-refractivity contribution in [1.82, 2.24) is 10.9 Å². The van der Waals surface area contributed by atoms with Gasteiger partial charge in [-0.1, -0.05) is 0 Å². The third-order valence-corrected chi connectivity index (χ3v) is 1.77. The summed E-state index contributed by atoms with van der Waals surface area (Å²) in [5, 5.41) is 0. The first kappa shape index (κ1) is 6.99. The van der Waals surface area contributed by atoms with Crippen molar-refractivity contribution in [2.45, 2.75) is 12.8 Å². The van der Waals surface area contributed by atoms with Crippen LogP contribution in [-0.4, -0.2) is 19.6 Å². The molecule has 0 radical (unpaired) electrons. The maximum absolute atomic E-state index is 5.41. The predicted molar refractivity (Wildman–Crippen MR) is 37.8 cm³/mol. The highest BCUT2D eigenvalue weighted by atomic mass is 15.4. The first-order chi connectivity index (χ1) is 4.43. The average molecular weight is 129 g/mol. The number of nitrogens with one attached hydrogen (secondary N) is 2. The van der Waals surface area contributed by atoms with E-state index in [1.807, 2.05) is 0 Å². The number of rotatable bonds is 2. The molecule has 1 rings (SSSR count). The number of hydrogen-bond acceptors (Lipinski definition) is 3. The summed E-state index contributed by atoms with van der Waals surface area (Å²) in [4.78, 5) is 0. The van der Waals surface area contributed by atoms with Crippen molar-refractivity contribution < 1.29 is 0 Å². The van der Waals surface area contributed by atoms with Gasteiger partial charge in [0.25, 0.3) is 0 Å². The van der Waals surface area contributed by atoms with E-state index in [-0.39, 0.29) is 0 Å². The molecule has 1 fully saturated rings. The van der Waals surface area contributed by atoms with Crippen molar-refractivity contribution >= 4 is 0 Å². The van der Waals surface area contributed by atoms with Gasteiger partial charge in [-0.05, 0) is 25.3 Å². The van der Waals surface area contributed by atoms with Crippen molar-refractivity contribution in [3.63, 3.8) is 0 Å². The lowest BCUT2D eigenvalue weighted by atomic mass is 10.0. The van der Waals surface area contributed by atoms with Crippen LogP contribution in [0.2, 0.25) is 0 Å². The number of hydrogen-bond donors (Lipinski definition) is 3. The molecule has 0 spiro atoms. The summed E-state index contributed by atoms with van der Waals surface area (Å²) in [7, 11) is 0. The summed E-state index contributed by atoms with van der Waals surface area (Å²) < 4.78 is 0. The Morgan fingerprint density at radius 3 is 2.89 bits per heavy atom. The highest BCUT2D eigenvalue weighted by Crippen LogP contribution is 2.06. The molecule has 1 aliphatic rings. The Hall–Kier alpha value is -0.120. The van der Waals surface area contributed by atoms with Gasteiger partial charge in [-0.3, -0.25) is 10.9 Å². The van der Waals surface area contributed by atoms with E-state index < -0.39 is 0 Å². The fourth-order valence-corrected chi connectivity index (χ4v) is 1.17. The van der Waals surface area contributed by atoms with E-state index in [0.29, 0.717) is 0 Å². The van der Waals surface area contributed by atoms with E-state index in [9.17, 15) is 0 Å². The molecule has 0 saturated carbocycles. The minimum atomic E-state index is 0.802. The molecule has 3 heteroatoms. The van der Waals surface area contributed by atoms with Gasteiger partial charge in [0.05, 0.1) is 0 Å². The Kier molecular flexibility index (Phi) is 2.97. The second kappa shape index (κ2) is 3.82. The zero-order valence-electron chi connectivity index (χ0n) is 5.69. The molecule has 1 saturated heterocycles. The van der Waals surface area contributed by atoms with Crippen molar-refractivity contribution in [1.29, 1.82) is 0 Å². The van der Waals surface area contributed by atoms with Crippen LogP contribution in [0, 0.1) is 5.92 Å². The SMILES string of the molecule is NCCC1CCNNC1. The lowest BCUT2D eigenvalue weighted by molar-refractivity contribution is 0.323. The normalized spacial score (nSPS) is 28.3. The van der Waals surface area contributed by atoms with Gasteiger partial charge in [0.1, 0.15) is 0 Å². The molecule has 0 aromatic heterocycles. The molecule has 0 aliphatic carbocycles. The van der Waals surface area contributed by atoms with Crippen LogP contribution in [0.15, 0.2) is 0 Å². The van der Waals surface area contributed by atoms with E-state index in [0.717, 1.165) is 32.0 Å². The topological polar surface area (TPSA) is 50.1 Å². The summed E-state index contributed by atoms with van der Waals surface area (Å²) in [6.07, 6.45) is 2.43. The van der Waals surface area contributed by atoms with E-state index in [2.05, 4.69) is 10.9 Å². The van der Waals surface area contributed by atoms with Gasteiger partial charge in [0.15, 0.2) is 0 Å². The summed E-state index contributed by atoms with van der Waals surface area (Å²) in [6, 6.07) is 0. The van der Waals surface area contributed by atoms with Gasteiger partial charge in [-0.2, -0.15) is 0 Å². The average Bonchev–Trinajstić information content (AvgIpc) is 1.91. The van der Waals surface area contributed by atoms with Crippen molar-refractivity contribution in [3.05, 3.63) is 0 Å². The van der Waals surface area contributed by atoms with Crippen molar-refractivity contribution in [3.8, 4) is 0 Å². The second-order valence-corrected chi connectivity index (χ2v) is 2.54. The molecular formula is C6H15N3. The van der Waals surface area contributed by atoms with Gasteiger partial charge in [0.2, 0.25) is 0 Å². The molecule has 54 valence electrons. The van der Waals surface area contributed by atoms with Crippen molar-refractivity contribution in [2.24, 2.45) is 11.7 Å². The maximum Gasteiger partial charge on any atom is 0.0129 e. The summed E-state index contributed by atoms with van der Waals surface area (Å²) in [6.45, 7) is 2.99. The molecular weight excluding hydrogens is 114 g/mol. The summed E-state index contributed by atoms with van der Waals surface area (Å²) in [5.41, 5.74) is 11.6. The fourth-order valence-electron chi connectivity index (χ4n) is 1.17. The molecule has 0 aromatic rings. The monoisotopic (exact) mass is 129 g/mol. The minimum Gasteiger partial charge on any atom is -0.330 e. The molecule has 0 bridgehead atoms. The van der Waals surface area contributed by atoms with Gasteiger partial charge in [-0.15, -0.1) is 0 Å². The lowest BCUT2D eigenvalue weighted by Crippen LogP contribution is -2.43. The van der Waals surface area contributed by atoms with Crippen LogP contribution in [0.3, 0.4) is 0 Å². The molecule has 0 aromatic carbocycles. The van der Waals surface area contributed by atoms with Crippen LogP contribution < -0.4 is 16.6 Å². The lowest BCUT2D eigenvalue weighted by Gasteiger charge is -2.22. The first-order valence-corrected chi connectivity index (χ1v) is 3.59. The Morgan fingerprint density at radius 1 is 1.44 bits per heavy atom. The Balaban J connectivity index is 2.08. The smallest absolute Gasteiger partial charge is 0.0129 e. The van der Waals surface area contributed by atoms with Gasteiger partial charge < -0.3 is 5.73 Å². The van der Waals surface area contributed by atoms with Crippen LogP contribution in [0.5, 0.6) is 0 Å². The Bertz CT molecular complexity index is 65.9. The molecule has 1 unspecified atom stereocenters. The Morgan fingerprint density at radius 2 is 2.33 bits per heavy atom. The zero-order valence-corrected chi connectivity index (χ0v) is 5.69. The Labute approximate surface area is 56.0 Å². The van der Waals surface area contributed by atoms with Crippen molar-refractivity contribution in [2.75, 3.05) is 19.6 Å². The van der Waals surface area contributed by atoms with E-state index in [1.54, 1.807) is 0 Å². The molecule has 9 heavy (non-hydrogen) atoms. The highest BCUT2D eigenvalue weighted by Gasteiger charge is 2.10. The van der Waals surface area contributed by atoms with Crippen LogP contribution >= 0.6 is 0 Å². The zero-order chi connectivity index (χ0) is 6.53. The van der Waals surface area contributed by atoms with Crippen LogP contribution in [-0.2, 0) is 0 Å². The quantitative estimate of drug-likeness (QED) is 0.469. The van der Waals surface area contributed by atoms with E-state index in [4.69, 9.17) is 5.73 Å². The van der Waals surface area contributed by atoms with E-state index >= 15 is 0 Å². The molecule has 3 nitrogen and oxygen atoms in total. The summed E-state index contributed by atoms with van der Waals surface area (Å²) >= 11 is 0. The standard InChI is InChI=1S/C6H15N3/c7-3-1-6-2-4-8-9-5-6/h6,8-9H,1-5,7H2. The number of hydrazine groups is 1. The third-order valence-electron chi connectivity index (χ3n) is 1.77. The third kappa shape index (κ3) is 2.30. The minimum absolute atomic E-state index is 0.802. The highest BCUT2D eigenvalue weighted by molar-refractivity contribution is 4.66. The molecule has 0 amide bonds. The largest absolute Gasteiger partial charge is 0.330 e. The molecule has 4 N–H and O–H groups in total. The van der Waals surface area contributed by atoms with Gasteiger partial charge >= 0.3 is 0 Å². The summed E-state index contributed by atoms with van der Waals surface area (Å²) in [5.74, 6) is 0.802. The maximum atomic E-state index is 5.41. The van der Waals surface area contributed by atoms with Gasteiger partial charge in [0, 0.05) is 13.1 Å². The van der Waals surface area contributed by atoms with Crippen LogP contribution in [0.1, 0.15) is 12.8 Å². The van der Waals surface area contributed by atoms with Crippen LogP contribution in [0.25, 0.3) is 0 Å². The molecule has 1 atom stereocenters. The van der Waals surface area contributed by atoms with Gasteiger partial charge in [-0.25, -0.2) is 0 Å². The van der Waals surface area contributed by atoms with Crippen LogP contribution in [0.4, 0.5) is 0 Å². The predicted octanol–water partition coefficient (Wildman–Crippen LogP) is -0.551. The van der Waals surface area contributed by atoms with E-state index in [1.165, 1.54) is 6.42 Å². The first-order valence-electron chi connectivity index (χ1n) is 3.59. The number of nitrogens with two attached hydrogens (primary N) is 1. The second-order valence-electron chi connectivity index (χ2n) is 2.54.